The third-order valence-electron chi connectivity index (χ3n) is 6.52. The number of ether oxygens (including phenoxy) is 1. The zero-order valence-corrected chi connectivity index (χ0v) is 16.8. The second kappa shape index (κ2) is 7.28. The Labute approximate surface area is 164 Å². The predicted molar refractivity (Wildman–Crippen MR) is 101 cm³/mol. The lowest BCUT2D eigenvalue weighted by atomic mass is 9.86. The summed E-state index contributed by atoms with van der Waals surface area (Å²) in [6.07, 6.45) is 3.06. The molecule has 156 valence electrons. The highest BCUT2D eigenvalue weighted by molar-refractivity contribution is 7.88. The van der Waals surface area contributed by atoms with Crippen molar-refractivity contribution in [1.82, 2.24) is 9.21 Å². The van der Waals surface area contributed by atoms with E-state index in [0.29, 0.717) is 26.1 Å². The van der Waals surface area contributed by atoms with Crippen molar-refractivity contribution in [2.24, 2.45) is 11.1 Å². The maximum atomic E-state index is 14.1. The van der Waals surface area contributed by atoms with Crippen molar-refractivity contribution in [2.45, 2.75) is 37.5 Å². The molecule has 0 bridgehead atoms. The Bertz CT molecular complexity index is 853. The van der Waals surface area contributed by atoms with Gasteiger partial charge < -0.3 is 10.5 Å². The highest BCUT2D eigenvalue weighted by atomic mass is 32.2. The number of nitrogens with zero attached hydrogens (tertiary/aromatic N) is 2. The average Bonchev–Trinajstić information content (AvgIpc) is 3.24. The van der Waals surface area contributed by atoms with Crippen molar-refractivity contribution in [2.75, 3.05) is 39.0 Å². The molecular weight excluding hydrogens is 388 g/mol. The molecule has 0 aromatic heterocycles. The normalized spacial score (nSPS) is 35.1. The molecule has 3 heterocycles. The van der Waals surface area contributed by atoms with Gasteiger partial charge in [-0.25, -0.2) is 21.5 Å². The number of rotatable bonds is 3. The summed E-state index contributed by atoms with van der Waals surface area (Å²) in [5.74, 6) is -1.01. The first kappa shape index (κ1) is 20.2. The van der Waals surface area contributed by atoms with Crippen molar-refractivity contribution in [3.63, 3.8) is 0 Å². The summed E-state index contributed by atoms with van der Waals surface area (Å²) in [7, 11) is -3.16. The van der Waals surface area contributed by atoms with Crippen LogP contribution in [0.4, 0.5) is 8.78 Å². The fourth-order valence-electron chi connectivity index (χ4n) is 4.94. The quantitative estimate of drug-likeness (QED) is 0.809. The molecule has 4 unspecified atom stereocenters. The van der Waals surface area contributed by atoms with E-state index in [2.05, 4.69) is 4.90 Å². The van der Waals surface area contributed by atoms with Crippen LogP contribution in [0.5, 0.6) is 0 Å². The number of nitrogens with two attached hydrogens (primary N) is 1. The smallest absolute Gasteiger partial charge is 0.211 e. The highest BCUT2D eigenvalue weighted by Crippen LogP contribution is 2.42. The lowest BCUT2D eigenvalue weighted by Crippen LogP contribution is -2.49. The highest BCUT2D eigenvalue weighted by Gasteiger charge is 2.48. The number of hydrogen-bond donors (Lipinski definition) is 1. The molecule has 3 aliphatic rings. The van der Waals surface area contributed by atoms with E-state index in [-0.39, 0.29) is 17.0 Å². The fourth-order valence-corrected chi connectivity index (χ4v) is 5.87. The zero-order valence-electron chi connectivity index (χ0n) is 16.0. The molecule has 0 aliphatic carbocycles. The topological polar surface area (TPSA) is 75.9 Å². The second-order valence-corrected chi connectivity index (χ2v) is 10.5. The largest absolute Gasteiger partial charge is 0.370 e. The third-order valence-corrected chi connectivity index (χ3v) is 7.77. The van der Waals surface area contributed by atoms with Gasteiger partial charge in [0.1, 0.15) is 17.7 Å². The molecule has 0 saturated carbocycles. The lowest BCUT2D eigenvalue weighted by molar-refractivity contribution is -0.0488. The number of hydrogen-bond acceptors (Lipinski definition) is 5. The SMILES string of the molecule is CS(=O)(=O)N1CCC2(CCN(C3COC(c4cc(F)ccc4F)C(N)C3)C2)C1. The zero-order chi connectivity index (χ0) is 20.1. The Kier molecular flexibility index (Phi) is 5.24. The number of sulfonamides is 1. The van der Waals surface area contributed by atoms with Crippen LogP contribution in [-0.2, 0) is 14.8 Å². The molecule has 0 radical (unpaired) electrons. The van der Waals surface area contributed by atoms with Gasteiger partial charge in [0.15, 0.2) is 0 Å². The van der Waals surface area contributed by atoms with Crippen LogP contribution in [0.3, 0.4) is 0 Å². The van der Waals surface area contributed by atoms with Gasteiger partial charge in [0, 0.05) is 37.3 Å². The molecule has 28 heavy (non-hydrogen) atoms. The minimum Gasteiger partial charge on any atom is -0.370 e. The first-order valence-electron chi connectivity index (χ1n) is 9.68. The number of benzene rings is 1. The molecule has 3 saturated heterocycles. The molecule has 4 atom stereocenters. The molecular formula is C19H27F2N3O3S. The molecule has 0 amide bonds. The Balaban J connectivity index is 1.40. The van der Waals surface area contributed by atoms with Crippen molar-refractivity contribution in [3.05, 3.63) is 35.4 Å². The Morgan fingerprint density at radius 1 is 1.21 bits per heavy atom. The summed E-state index contributed by atoms with van der Waals surface area (Å²) in [6, 6.07) is 3.02. The van der Waals surface area contributed by atoms with Crippen molar-refractivity contribution in [1.29, 1.82) is 0 Å². The van der Waals surface area contributed by atoms with Crippen LogP contribution in [0.2, 0.25) is 0 Å². The van der Waals surface area contributed by atoms with Gasteiger partial charge in [-0.2, -0.15) is 0 Å². The first-order chi connectivity index (χ1) is 13.2. The maximum absolute atomic E-state index is 14.1. The van der Waals surface area contributed by atoms with E-state index in [9.17, 15) is 17.2 Å². The van der Waals surface area contributed by atoms with Gasteiger partial charge in [-0.1, -0.05) is 0 Å². The van der Waals surface area contributed by atoms with E-state index in [1.165, 1.54) is 6.26 Å². The Morgan fingerprint density at radius 2 is 1.96 bits per heavy atom. The number of halogens is 2. The van der Waals surface area contributed by atoms with Crippen molar-refractivity contribution in [3.8, 4) is 0 Å². The Morgan fingerprint density at radius 3 is 2.64 bits per heavy atom. The van der Waals surface area contributed by atoms with E-state index >= 15 is 0 Å². The van der Waals surface area contributed by atoms with Crippen LogP contribution < -0.4 is 5.73 Å². The molecule has 3 fully saturated rings. The van der Waals surface area contributed by atoms with Crippen LogP contribution in [0.25, 0.3) is 0 Å². The van der Waals surface area contributed by atoms with Gasteiger partial charge in [0.25, 0.3) is 0 Å². The second-order valence-electron chi connectivity index (χ2n) is 8.54. The van der Waals surface area contributed by atoms with Gasteiger partial charge in [-0.15, -0.1) is 0 Å². The first-order valence-corrected chi connectivity index (χ1v) is 11.5. The van der Waals surface area contributed by atoms with Gasteiger partial charge >= 0.3 is 0 Å². The lowest BCUT2D eigenvalue weighted by Gasteiger charge is -2.39. The van der Waals surface area contributed by atoms with Gasteiger partial charge in [-0.3, -0.25) is 4.90 Å². The average molecular weight is 416 g/mol. The van der Waals surface area contributed by atoms with Gasteiger partial charge in [-0.05, 0) is 49.4 Å². The van der Waals surface area contributed by atoms with E-state index in [0.717, 1.165) is 44.1 Å². The van der Waals surface area contributed by atoms with Gasteiger partial charge in [0.05, 0.1) is 12.9 Å². The van der Waals surface area contributed by atoms with Crippen LogP contribution in [0.1, 0.15) is 30.9 Å². The molecule has 1 aromatic rings. The summed E-state index contributed by atoms with van der Waals surface area (Å²) >= 11 is 0. The van der Waals surface area contributed by atoms with Crippen LogP contribution in [-0.4, -0.2) is 68.7 Å². The van der Waals surface area contributed by atoms with Crippen LogP contribution in [0.15, 0.2) is 18.2 Å². The standard InChI is InChI=1S/C19H27F2N3O3S/c1-28(25,26)24-7-5-19(12-24)4-6-23(11-19)14-9-17(22)18(27-10-14)15-8-13(20)2-3-16(15)21/h2-3,8,14,17-18H,4-7,9-12,22H2,1H3. The van der Waals surface area contributed by atoms with Gasteiger partial charge in [0.2, 0.25) is 10.0 Å². The predicted octanol–water partition coefficient (Wildman–Crippen LogP) is 1.48. The van der Waals surface area contributed by atoms with Crippen LogP contribution >= 0.6 is 0 Å². The number of likely N-dealkylation sites (tertiary alicyclic amines) is 1. The summed E-state index contributed by atoms with van der Waals surface area (Å²) in [4.78, 5) is 2.32. The summed E-state index contributed by atoms with van der Waals surface area (Å²) in [5, 5.41) is 0. The Hall–Kier alpha value is -1.13. The molecule has 1 spiro atoms. The van der Waals surface area contributed by atoms with E-state index in [4.69, 9.17) is 10.5 Å². The minimum absolute atomic E-state index is 0.00130. The summed E-state index contributed by atoms with van der Waals surface area (Å²) in [6.45, 7) is 3.24. The molecule has 9 heteroatoms. The molecule has 2 N–H and O–H groups in total. The van der Waals surface area contributed by atoms with E-state index in [1.54, 1.807) is 4.31 Å². The molecule has 3 aliphatic heterocycles. The van der Waals surface area contributed by atoms with Crippen LogP contribution in [0, 0.1) is 17.0 Å². The summed E-state index contributed by atoms with van der Waals surface area (Å²) < 4.78 is 58.7. The van der Waals surface area contributed by atoms with Crippen molar-refractivity contribution >= 4 is 10.0 Å². The monoisotopic (exact) mass is 415 g/mol. The molecule has 1 aromatic carbocycles. The molecule has 6 nitrogen and oxygen atoms in total. The van der Waals surface area contributed by atoms with E-state index < -0.39 is 33.8 Å². The third kappa shape index (κ3) is 3.82. The van der Waals surface area contributed by atoms with E-state index in [1.807, 2.05) is 0 Å². The minimum atomic E-state index is -3.16. The fraction of sp³-hybridized carbons (Fsp3) is 0.684. The molecule has 4 rings (SSSR count). The van der Waals surface area contributed by atoms with Crippen molar-refractivity contribution < 1.29 is 21.9 Å². The maximum Gasteiger partial charge on any atom is 0.211 e. The summed E-state index contributed by atoms with van der Waals surface area (Å²) in [5.41, 5.74) is 6.45.